The lowest BCUT2D eigenvalue weighted by atomic mass is 9.86. The fourth-order valence-electron chi connectivity index (χ4n) is 2.42. The molecule has 0 amide bonds. The van der Waals surface area contributed by atoms with E-state index in [2.05, 4.69) is 43.5 Å². The van der Waals surface area contributed by atoms with Crippen molar-refractivity contribution in [2.24, 2.45) is 5.92 Å². The highest BCUT2D eigenvalue weighted by Gasteiger charge is 2.19. The van der Waals surface area contributed by atoms with E-state index in [4.69, 9.17) is 0 Å². The Balaban J connectivity index is 0.000000181. The molecule has 0 aromatic carbocycles. The first-order chi connectivity index (χ1) is 7.84. The van der Waals surface area contributed by atoms with Gasteiger partial charge in [0.05, 0.1) is 0 Å². The lowest BCUT2D eigenvalue weighted by molar-refractivity contribution is 0.285. The smallest absolute Gasteiger partial charge is 0.00925 e. The summed E-state index contributed by atoms with van der Waals surface area (Å²) in [7, 11) is 0. The molecule has 0 bridgehead atoms. The number of hydrogen-bond donors (Lipinski definition) is 1. The first kappa shape index (κ1) is 13.5. The zero-order chi connectivity index (χ0) is 11.6. The predicted molar refractivity (Wildman–Crippen MR) is 72.6 cm³/mol. The summed E-state index contributed by atoms with van der Waals surface area (Å²) >= 11 is 0. The molecule has 0 aromatic heterocycles. The Kier molecular flexibility index (Phi) is 7.24. The van der Waals surface area contributed by atoms with E-state index in [1.807, 2.05) is 0 Å². The summed E-state index contributed by atoms with van der Waals surface area (Å²) in [6.45, 7) is 5.70. The molecule has 16 heavy (non-hydrogen) atoms. The second-order valence-electron chi connectivity index (χ2n) is 4.86. The van der Waals surface area contributed by atoms with Gasteiger partial charge < -0.3 is 5.32 Å². The predicted octanol–water partition coefficient (Wildman–Crippen LogP) is 4.07. The second kappa shape index (κ2) is 8.58. The van der Waals surface area contributed by atoms with Gasteiger partial charge in [-0.05, 0) is 38.1 Å². The molecule has 1 heteroatoms. The number of allylic oxidation sites excluding steroid dienone is 4. The van der Waals surface area contributed by atoms with Crippen molar-refractivity contribution in [3.63, 3.8) is 0 Å². The molecule has 0 radical (unpaired) electrons. The topological polar surface area (TPSA) is 12.0 Å². The summed E-state index contributed by atoms with van der Waals surface area (Å²) in [6.07, 6.45) is 16.7. The monoisotopic (exact) mass is 221 g/mol. The van der Waals surface area contributed by atoms with Crippen molar-refractivity contribution >= 4 is 0 Å². The molecular weight excluding hydrogens is 194 g/mol. The van der Waals surface area contributed by atoms with Gasteiger partial charge in [0, 0.05) is 6.04 Å². The maximum Gasteiger partial charge on any atom is 0.00925 e. The number of hydrogen-bond acceptors (Lipinski definition) is 1. The number of rotatable bonds is 2. The molecular formula is C15H27N. The maximum absolute atomic E-state index is 3.53. The van der Waals surface area contributed by atoms with Crippen LogP contribution in [-0.2, 0) is 0 Å². The molecule has 0 heterocycles. The zero-order valence-corrected chi connectivity index (χ0v) is 10.9. The first-order valence-electron chi connectivity index (χ1n) is 6.89. The summed E-state index contributed by atoms with van der Waals surface area (Å²) in [5.74, 6) is 0.911. The molecule has 2 unspecified atom stereocenters. The lowest BCUT2D eigenvalue weighted by Gasteiger charge is -2.29. The molecule has 0 spiro atoms. The minimum Gasteiger partial charge on any atom is -0.314 e. The normalized spacial score (nSPS) is 28.4. The summed E-state index contributed by atoms with van der Waals surface area (Å²) in [5.41, 5.74) is 0. The summed E-state index contributed by atoms with van der Waals surface area (Å²) in [6, 6.07) is 0.818. The third kappa shape index (κ3) is 5.50. The molecule has 0 aliphatic heterocycles. The van der Waals surface area contributed by atoms with Gasteiger partial charge in [0.1, 0.15) is 0 Å². The van der Waals surface area contributed by atoms with Gasteiger partial charge in [0.25, 0.3) is 0 Å². The highest BCUT2D eigenvalue weighted by atomic mass is 14.9. The SMILES string of the molecule is C1=CCCC=C1.CCNC1CCCCC1C. The van der Waals surface area contributed by atoms with E-state index < -0.39 is 0 Å². The quantitative estimate of drug-likeness (QED) is 0.741. The Bertz CT molecular complexity index is 203. The zero-order valence-electron chi connectivity index (χ0n) is 10.9. The van der Waals surface area contributed by atoms with Crippen molar-refractivity contribution in [2.45, 2.75) is 58.4 Å². The third-order valence-electron chi connectivity index (χ3n) is 3.46. The van der Waals surface area contributed by atoms with Crippen LogP contribution in [0.15, 0.2) is 24.3 Å². The van der Waals surface area contributed by atoms with E-state index >= 15 is 0 Å². The maximum atomic E-state index is 3.53. The average Bonchev–Trinajstić information content (AvgIpc) is 2.35. The highest BCUT2D eigenvalue weighted by Crippen LogP contribution is 2.23. The van der Waals surface area contributed by atoms with Gasteiger partial charge >= 0.3 is 0 Å². The van der Waals surface area contributed by atoms with Gasteiger partial charge in [0.15, 0.2) is 0 Å². The Morgan fingerprint density at radius 2 is 1.69 bits per heavy atom. The molecule has 1 fully saturated rings. The molecule has 2 aliphatic rings. The van der Waals surface area contributed by atoms with E-state index in [9.17, 15) is 0 Å². The van der Waals surface area contributed by atoms with Crippen LogP contribution in [0.3, 0.4) is 0 Å². The Morgan fingerprint density at radius 1 is 1.06 bits per heavy atom. The van der Waals surface area contributed by atoms with Crippen LogP contribution in [0.25, 0.3) is 0 Å². The molecule has 1 nitrogen and oxygen atoms in total. The van der Waals surface area contributed by atoms with Crippen LogP contribution >= 0.6 is 0 Å². The minimum atomic E-state index is 0.818. The van der Waals surface area contributed by atoms with Crippen molar-refractivity contribution in [2.75, 3.05) is 6.54 Å². The highest BCUT2D eigenvalue weighted by molar-refractivity contribution is 5.07. The Morgan fingerprint density at radius 3 is 2.12 bits per heavy atom. The molecule has 1 N–H and O–H groups in total. The second-order valence-corrected chi connectivity index (χ2v) is 4.86. The van der Waals surface area contributed by atoms with E-state index in [1.54, 1.807) is 0 Å². The van der Waals surface area contributed by atoms with Crippen LogP contribution < -0.4 is 5.32 Å². The van der Waals surface area contributed by atoms with Crippen LogP contribution in [0.2, 0.25) is 0 Å². The van der Waals surface area contributed by atoms with E-state index in [0.717, 1.165) is 18.5 Å². The molecule has 1 saturated carbocycles. The molecule has 2 rings (SSSR count). The van der Waals surface area contributed by atoms with Crippen LogP contribution in [0.4, 0.5) is 0 Å². The lowest BCUT2D eigenvalue weighted by Crippen LogP contribution is -2.36. The van der Waals surface area contributed by atoms with Gasteiger partial charge in [0.2, 0.25) is 0 Å². The van der Waals surface area contributed by atoms with Gasteiger partial charge in [-0.15, -0.1) is 0 Å². The third-order valence-corrected chi connectivity index (χ3v) is 3.46. The summed E-state index contributed by atoms with van der Waals surface area (Å²) in [5, 5.41) is 3.53. The number of nitrogens with one attached hydrogen (secondary N) is 1. The van der Waals surface area contributed by atoms with E-state index in [-0.39, 0.29) is 0 Å². The summed E-state index contributed by atoms with van der Waals surface area (Å²) in [4.78, 5) is 0. The van der Waals surface area contributed by atoms with Crippen LogP contribution in [0, 0.1) is 5.92 Å². The Labute approximate surface area is 101 Å². The van der Waals surface area contributed by atoms with Crippen molar-refractivity contribution in [1.82, 2.24) is 5.32 Å². The van der Waals surface area contributed by atoms with Gasteiger partial charge in [-0.1, -0.05) is 51.0 Å². The van der Waals surface area contributed by atoms with Crippen LogP contribution in [-0.4, -0.2) is 12.6 Å². The minimum absolute atomic E-state index is 0.818. The van der Waals surface area contributed by atoms with Gasteiger partial charge in [-0.25, -0.2) is 0 Å². The van der Waals surface area contributed by atoms with E-state index in [0.29, 0.717) is 0 Å². The van der Waals surface area contributed by atoms with E-state index in [1.165, 1.54) is 38.5 Å². The van der Waals surface area contributed by atoms with Crippen molar-refractivity contribution in [1.29, 1.82) is 0 Å². The fraction of sp³-hybridized carbons (Fsp3) is 0.733. The standard InChI is InChI=1S/C9H19N.C6H8/c1-3-10-9-7-5-4-6-8(9)2;1-2-4-6-5-3-1/h8-10H,3-7H2,1-2H3;1-4H,5-6H2. The first-order valence-corrected chi connectivity index (χ1v) is 6.89. The van der Waals surface area contributed by atoms with Crippen LogP contribution in [0.1, 0.15) is 52.4 Å². The molecule has 0 saturated heterocycles. The van der Waals surface area contributed by atoms with Crippen molar-refractivity contribution in [3.8, 4) is 0 Å². The molecule has 2 atom stereocenters. The molecule has 0 aromatic rings. The Hall–Kier alpha value is -0.560. The average molecular weight is 221 g/mol. The van der Waals surface area contributed by atoms with Gasteiger partial charge in [-0.3, -0.25) is 0 Å². The van der Waals surface area contributed by atoms with Crippen molar-refractivity contribution < 1.29 is 0 Å². The largest absolute Gasteiger partial charge is 0.314 e. The van der Waals surface area contributed by atoms with Crippen LogP contribution in [0.5, 0.6) is 0 Å². The van der Waals surface area contributed by atoms with Crippen molar-refractivity contribution in [3.05, 3.63) is 24.3 Å². The molecule has 2 aliphatic carbocycles. The van der Waals surface area contributed by atoms with Gasteiger partial charge in [-0.2, -0.15) is 0 Å². The molecule has 92 valence electrons. The fourth-order valence-corrected chi connectivity index (χ4v) is 2.42. The summed E-state index contributed by atoms with van der Waals surface area (Å²) < 4.78 is 0.